The van der Waals surface area contributed by atoms with Crippen molar-refractivity contribution in [1.82, 2.24) is 14.6 Å². The molecule has 9 heteroatoms. The van der Waals surface area contributed by atoms with E-state index in [1.165, 1.54) is 15.9 Å². The van der Waals surface area contributed by atoms with Crippen LogP contribution in [0.2, 0.25) is 15.1 Å². The van der Waals surface area contributed by atoms with Gasteiger partial charge in [0.2, 0.25) is 4.96 Å². The van der Waals surface area contributed by atoms with Crippen LogP contribution in [0.15, 0.2) is 63.8 Å². The minimum Gasteiger partial charge on any atom is -0.457 e. The molecular weight excluding hydrogens is 465 g/mol. The van der Waals surface area contributed by atoms with Crippen LogP contribution in [0.1, 0.15) is 5.76 Å². The van der Waals surface area contributed by atoms with E-state index >= 15 is 0 Å². The molecule has 0 aliphatic rings. The maximum Gasteiger partial charge on any atom is 0.291 e. The summed E-state index contributed by atoms with van der Waals surface area (Å²) in [5, 5.41) is 5.82. The molecular formula is C21H10Cl3N3O2S. The second-order valence-corrected chi connectivity index (χ2v) is 8.65. The predicted molar refractivity (Wildman–Crippen MR) is 121 cm³/mol. The Balaban J connectivity index is 1.51. The summed E-state index contributed by atoms with van der Waals surface area (Å²) in [5.74, 6) is 1.61. The van der Waals surface area contributed by atoms with Crippen LogP contribution in [-0.4, -0.2) is 14.6 Å². The number of aromatic nitrogens is 3. The molecule has 2 aromatic carbocycles. The van der Waals surface area contributed by atoms with Crippen LogP contribution in [0.5, 0.6) is 0 Å². The van der Waals surface area contributed by atoms with Crippen molar-refractivity contribution in [2.24, 2.45) is 0 Å². The first kappa shape index (κ1) is 19.3. The molecule has 148 valence electrons. The predicted octanol–water partition coefficient (Wildman–Crippen LogP) is 5.59. The molecule has 3 heterocycles. The highest BCUT2D eigenvalue weighted by Gasteiger charge is 2.13. The van der Waals surface area contributed by atoms with Crippen molar-refractivity contribution < 1.29 is 4.42 Å². The van der Waals surface area contributed by atoms with E-state index in [2.05, 4.69) is 10.1 Å². The van der Waals surface area contributed by atoms with E-state index in [4.69, 9.17) is 39.2 Å². The molecule has 3 aromatic heterocycles. The second kappa shape index (κ2) is 7.56. The molecule has 0 fully saturated rings. The van der Waals surface area contributed by atoms with Gasteiger partial charge in [0, 0.05) is 22.2 Å². The fourth-order valence-electron chi connectivity index (χ4n) is 2.95. The monoisotopic (exact) mass is 473 g/mol. The lowest BCUT2D eigenvalue weighted by molar-refractivity contribution is 0.571. The highest BCUT2D eigenvalue weighted by atomic mass is 35.5. The van der Waals surface area contributed by atoms with Gasteiger partial charge in [0.05, 0.1) is 10.0 Å². The molecule has 0 amide bonds. The molecule has 0 aliphatic heterocycles. The first-order valence-electron chi connectivity index (χ1n) is 8.70. The molecule has 30 heavy (non-hydrogen) atoms. The van der Waals surface area contributed by atoms with E-state index in [-0.39, 0.29) is 5.56 Å². The number of thiazole rings is 1. The molecule has 5 aromatic rings. The zero-order valence-electron chi connectivity index (χ0n) is 15.0. The number of fused-ring (bicyclic) bond motifs is 1. The summed E-state index contributed by atoms with van der Waals surface area (Å²) in [6.07, 6.45) is 1.67. The number of halogens is 3. The Morgan fingerprint density at radius 1 is 0.967 bits per heavy atom. The third-order valence-corrected chi connectivity index (χ3v) is 6.30. The van der Waals surface area contributed by atoms with Gasteiger partial charge < -0.3 is 4.42 Å². The number of benzene rings is 2. The van der Waals surface area contributed by atoms with Gasteiger partial charge in [-0.1, -0.05) is 58.3 Å². The van der Waals surface area contributed by atoms with Crippen molar-refractivity contribution >= 4 is 57.2 Å². The topological polar surface area (TPSA) is 60.4 Å². The third kappa shape index (κ3) is 3.52. The van der Waals surface area contributed by atoms with E-state index in [1.54, 1.807) is 36.4 Å². The van der Waals surface area contributed by atoms with Gasteiger partial charge in [-0.05, 0) is 42.5 Å². The minimum atomic E-state index is -0.261. The highest BCUT2D eigenvalue weighted by molar-refractivity contribution is 7.15. The van der Waals surface area contributed by atoms with E-state index in [0.717, 1.165) is 11.1 Å². The number of furan rings is 1. The highest BCUT2D eigenvalue weighted by Crippen LogP contribution is 2.29. The van der Waals surface area contributed by atoms with Gasteiger partial charge in [0.15, 0.2) is 5.82 Å². The zero-order chi connectivity index (χ0) is 20.8. The van der Waals surface area contributed by atoms with E-state index in [1.807, 2.05) is 24.3 Å². The lowest BCUT2D eigenvalue weighted by Gasteiger charge is -1.99. The van der Waals surface area contributed by atoms with E-state index in [9.17, 15) is 4.79 Å². The molecule has 0 saturated carbocycles. The molecule has 0 N–H and O–H groups in total. The summed E-state index contributed by atoms with van der Waals surface area (Å²) < 4.78 is 7.61. The minimum absolute atomic E-state index is 0.261. The van der Waals surface area contributed by atoms with Crippen LogP contribution in [-0.2, 0) is 0 Å². The molecule has 0 bridgehead atoms. The van der Waals surface area contributed by atoms with Crippen LogP contribution >= 0.6 is 46.1 Å². The van der Waals surface area contributed by atoms with Crippen LogP contribution in [0, 0.1) is 0 Å². The fraction of sp³-hybridized carbons (Fsp3) is 0. The standard InChI is InChI=1S/C21H10Cl3N3O2S/c22-13-3-1-2-12(8-13)19-25-21-27(26-19)20(28)18(30-21)10-14-5-7-17(29-14)11-4-6-15(23)16(24)9-11/h1-10H/b18-10-. The number of hydrogen-bond acceptors (Lipinski definition) is 5. The van der Waals surface area contributed by atoms with Crippen molar-refractivity contribution in [3.05, 3.63) is 90.3 Å². The average molecular weight is 475 g/mol. The van der Waals surface area contributed by atoms with Gasteiger partial charge in [0.25, 0.3) is 5.56 Å². The van der Waals surface area contributed by atoms with Crippen molar-refractivity contribution in [1.29, 1.82) is 0 Å². The quantitative estimate of drug-likeness (QED) is 0.342. The van der Waals surface area contributed by atoms with Crippen LogP contribution in [0.4, 0.5) is 0 Å². The van der Waals surface area contributed by atoms with Crippen LogP contribution in [0.3, 0.4) is 0 Å². The summed E-state index contributed by atoms with van der Waals surface area (Å²) in [4.78, 5) is 17.7. The van der Waals surface area contributed by atoms with E-state index < -0.39 is 0 Å². The van der Waals surface area contributed by atoms with Gasteiger partial charge in [-0.3, -0.25) is 4.79 Å². The molecule has 0 unspecified atom stereocenters. The molecule has 5 rings (SSSR count). The maximum atomic E-state index is 12.7. The Bertz CT molecular complexity index is 1520. The first-order valence-corrected chi connectivity index (χ1v) is 10.7. The third-order valence-electron chi connectivity index (χ3n) is 4.37. The van der Waals surface area contributed by atoms with E-state index in [0.29, 0.717) is 41.9 Å². The summed E-state index contributed by atoms with van der Waals surface area (Å²) in [5.41, 5.74) is 1.28. The Morgan fingerprint density at radius 3 is 2.60 bits per heavy atom. The fourth-order valence-corrected chi connectivity index (χ4v) is 4.32. The van der Waals surface area contributed by atoms with Crippen LogP contribution in [0.25, 0.3) is 33.7 Å². The Kier molecular flexibility index (Phi) is 4.87. The average Bonchev–Trinajstić information content (AvgIpc) is 3.42. The largest absolute Gasteiger partial charge is 0.457 e. The van der Waals surface area contributed by atoms with Gasteiger partial charge in [-0.25, -0.2) is 0 Å². The van der Waals surface area contributed by atoms with Gasteiger partial charge in [0.1, 0.15) is 16.1 Å². The second-order valence-electron chi connectivity index (χ2n) is 6.39. The van der Waals surface area contributed by atoms with Gasteiger partial charge in [-0.2, -0.15) is 9.50 Å². The summed E-state index contributed by atoms with van der Waals surface area (Å²) in [6, 6.07) is 16.0. The SMILES string of the molecule is O=c1/c(=C/c2ccc(-c3ccc(Cl)c(Cl)c3)o2)sc2nc(-c3cccc(Cl)c3)nn12. The smallest absolute Gasteiger partial charge is 0.291 e. The number of nitrogens with zero attached hydrogens (tertiary/aromatic N) is 3. The van der Waals surface area contributed by atoms with Crippen molar-refractivity contribution in [2.45, 2.75) is 0 Å². The van der Waals surface area contributed by atoms with Gasteiger partial charge in [-0.15, -0.1) is 5.10 Å². The Hall–Kier alpha value is -2.64. The van der Waals surface area contributed by atoms with Crippen molar-refractivity contribution in [3.8, 4) is 22.7 Å². The molecule has 5 nitrogen and oxygen atoms in total. The van der Waals surface area contributed by atoms with Crippen molar-refractivity contribution in [2.75, 3.05) is 0 Å². The zero-order valence-corrected chi connectivity index (χ0v) is 18.1. The molecule has 0 aliphatic carbocycles. The van der Waals surface area contributed by atoms with Crippen molar-refractivity contribution in [3.63, 3.8) is 0 Å². The lowest BCUT2D eigenvalue weighted by Crippen LogP contribution is -2.23. The van der Waals surface area contributed by atoms with Crippen LogP contribution < -0.4 is 10.1 Å². The van der Waals surface area contributed by atoms with Gasteiger partial charge >= 0.3 is 0 Å². The Labute approximate surface area is 188 Å². The molecule has 0 spiro atoms. The first-order chi connectivity index (χ1) is 14.5. The Morgan fingerprint density at radius 2 is 1.83 bits per heavy atom. The maximum absolute atomic E-state index is 12.7. The summed E-state index contributed by atoms with van der Waals surface area (Å²) in [6.45, 7) is 0. The normalized spacial score (nSPS) is 12.2. The summed E-state index contributed by atoms with van der Waals surface area (Å²) in [7, 11) is 0. The molecule has 0 radical (unpaired) electrons. The number of hydrogen-bond donors (Lipinski definition) is 0. The summed E-state index contributed by atoms with van der Waals surface area (Å²) >= 11 is 19.3. The number of rotatable bonds is 3. The molecule has 0 saturated heterocycles. The lowest BCUT2D eigenvalue weighted by atomic mass is 10.2. The molecule has 0 atom stereocenters.